The van der Waals surface area contributed by atoms with E-state index in [9.17, 15) is 13.5 Å². The molecule has 0 aliphatic carbocycles. The molecule has 1 aromatic carbocycles. The lowest BCUT2D eigenvalue weighted by Crippen LogP contribution is -2.38. The predicted octanol–water partition coefficient (Wildman–Crippen LogP) is 2.25. The highest BCUT2D eigenvalue weighted by Crippen LogP contribution is 2.26. The van der Waals surface area contributed by atoms with Crippen LogP contribution in [0, 0.1) is 6.92 Å². The molecule has 2 aromatic rings. The topological polar surface area (TPSA) is 75.6 Å². The summed E-state index contributed by atoms with van der Waals surface area (Å²) in [5, 5.41) is 12.2. The Labute approximate surface area is 134 Å². The fourth-order valence-electron chi connectivity index (χ4n) is 2.04. The highest BCUT2D eigenvalue weighted by molar-refractivity contribution is 7.89. The van der Waals surface area contributed by atoms with E-state index in [2.05, 4.69) is 4.72 Å². The van der Waals surface area contributed by atoms with Crippen molar-refractivity contribution < 1.29 is 18.3 Å². The summed E-state index contributed by atoms with van der Waals surface area (Å²) in [7, 11) is -2.17. The van der Waals surface area contributed by atoms with Crippen LogP contribution in [0.15, 0.2) is 40.6 Å². The molecule has 0 fully saturated rings. The molecule has 5 nitrogen and oxygen atoms in total. The molecular weight excluding hydrogens is 322 g/mol. The van der Waals surface area contributed by atoms with Gasteiger partial charge in [-0.15, -0.1) is 11.3 Å². The summed E-state index contributed by atoms with van der Waals surface area (Å²) in [6.45, 7) is 3.19. The van der Waals surface area contributed by atoms with Crippen LogP contribution in [-0.2, 0) is 15.6 Å². The number of hydrogen-bond acceptors (Lipinski definition) is 5. The van der Waals surface area contributed by atoms with Crippen molar-refractivity contribution in [3.05, 3.63) is 46.2 Å². The first-order chi connectivity index (χ1) is 10.3. The van der Waals surface area contributed by atoms with Gasteiger partial charge in [0.05, 0.1) is 12.0 Å². The number of nitrogens with one attached hydrogen (secondary N) is 1. The molecule has 0 saturated heterocycles. The third-order valence-electron chi connectivity index (χ3n) is 3.33. The maximum Gasteiger partial charge on any atom is 0.240 e. The minimum atomic E-state index is -3.70. The van der Waals surface area contributed by atoms with Crippen LogP contribution in [0.5, 0.6) is 5.75 Å². The first kappa shape index (κ1) is 17.0. The largest absolute Gasteiger partial charge is 0.497 e. The number of aryl methyl sites for hydroxylation is 1. The second-order valence-corrected chi connectivity index (χ2v) is 7.89. The van der Waals surface area contributed by atoms with Crippen molar-refractivity contribution in [1.29, 1.82) is 0 Å². The van der Waals surface area contributed by atoms with Gasteiger partial charge in [0.1, 0.15) is 11.4 Å². The van der Waals surface area contributed by atoms with Gasteiger partial charge in [0.15, 0.2) is 0 Å². The van der Waals surface area contributed by atoms with E-state index in [-0.39, 0.29) is 11.4 Å². The lowest BCUT2D eigenvalue weighted by atomic mass is 10.1. The number of ether oxygens (including phenoxy) is 1. The lowest BCUT2D eigenvalue weighted by molar-refractivity contribution is 0.0666. The van der Waals surface area contributed by atoms with Gasteiger partial charge < -0.3 is 9.84 Å². The first-order valence-corrected chi connectivity index (χ1v) is 9.03. The zero-order chi connectivity index (χ0) is 16.4. The van der Waals surface area contributed by atoms with E-state index < -0.39 is 15.6 Å². The molecule has 1 aromatic heterocycles. The van der Waals surface area contributed by atoms with Crippen LogP contribution in [-0.4, -0.2) is 27.2 Å². The molecule has 0 saturated carbocycles. The number of hydrogen-bond donors (Lipinski definition) is 2. The molecule has 2 N–H and O–H groups in total. The summed E-state index contributed by atoms with van der Waals surface area (Å²) in [5.74, 6) is 0.599. The molecule has 0 unspecified atom stereocenters. The fraction of sp³-hybridized carbons (Fsp3) is 0.333. The Hall–Kier alpha value is -1.41. The van der Waals surface area contributed by atoms with Gasteiger partial charge in [0.2, 0.25) is 10.0 Å². The van der Waals surface area contributed by atoms with Crippen molar-refractivity contribution in [3.63, 3.8) is 0 Å². The zero-order valence-corrected chi connectivity index (χ0v) is 14.3. The second kappa shape index (κ2) is 6.37. The van der Waals surface area contributed by atoms with E-state index in [4.69, 9.17) is 4.74 Å². The average Bonchev–Trinajstić information content (AvgIpc) is 3.00. The van der Waals surface area contributed by atoms with Crippen LogP contribution < -0.4 is 9.46 Å². The van der Waals surface area contributed by atoms with E-state index in [0.29, 0.717) is 16.2 Å². The molecule has 0 bridgehead atoms. The Morgan fingerprint density at radius 3 is 2.64 bits per heavy atom. The normalized spacial score (nSPS) is 14.5. The number of sulfonamides is 1. The molecule has 0 amide bonds. The standard InChI is InChI=1S/C15H19NO4S2/c1-11-9-12(20-3)6-7-13(11)22(18,19)16-10-15(2,17)14-5-4-8-21-14/h4-9,16-17H,10H2,1-3H3/t15-/m0/s1. The van der Waals surface area contributed by atoms with Crippen molar-refractivity contribution in [1.82, 2.24) is 4.72 Å². The number of methoxy groups -OCH3 is 1. The average molecular weight is 341 g/mol. The minimum absolute atomic E-state index is 0.0959. The van der Waals surface area contributed by atoms with E-state index >= 15 is 0 Å². The summed E-state index contributed by atoms with van der Waals surface area (Å²) < 4.78 is 32.4. The van der Waals surface area contributed by atoms with Crippen LogP contribution in [0.25, 0.3) is 0 Å². The van der Waals surface area contributed by atoms with Crippen molar-refractivity contribution in [3.8, 4) is 5.75 Å². The highest BCUT2D eigenvalue weighted by Gasteiger charge is 2.27. The molecule has 0 radical (unpaired) electrons. The van der Waals surface area contributed by atoms with Crippen LogP contribution in [0.1, 0.15) is 17.4 Å². The predicted molar refractivity (Wildman–Crippen MR) is 86.8 cm³/mol. The van der Waals surface area contributed by atoms with Crippen LogP contribution in [0.4, 0.5) is 0 Å². The Kier molecular flexibility index (Phi) is 4.91. The van der Waals surface area contributed by atoms with Crippen LogP contribution >= 0.6 is 11.3 Å². The van der Waals surface area contributed by atoms with Gasteiger partial charge in [-0.05, 0) is 49.1 Å². The fourth-order valence-corrected chi connectivity index (χ4v) is 4.18. The third-order valence-corrected chi connectivity index (χ3v) is 6.01. The van der Waals surface area contributed by atoms with Crippen molar-refractivity contribution in [2.45, 2.75) is 24.3 Å². The van der Waals surface area contributed by atoms with Gasteiger partial charge >= 0.3 is 0 Å². The van der Waals surface area contributed by atoms with E-state index in [1.54, 1.807) is 32.0 Å². The van der Waals surface area contributed by atoms with Crippen LogP contribution in [0.3, 0.4) is 0 Å². The molecule has 120 valence electrons. The Balaban J connectivity index is 2.18. The molecule has 1 atom stereocenters. The monoisotopic (exact) mass is 341 g/mol. The van der Waals surface area contributed by atoms with Crippen LogP contribution in [0.2, 0.25) is 0 Å². The summed E-state index contributed by atoms with van der Waals surface area (Å²) in [5.41, 5.74) is -0.663. The number of aliphatic hydroxyl groups is 1. The first-order valence-electron chi connectivity index (χ1n) is 6.67. The zero-order valence-electron chi connectivity index (χ0n) is 12.7. The van der Waals surface area contributed by atoms with E-state index in [1.807, 2.05) is 11.4 Å². The van der Waals surface area contributed by atoms with Crippen molar-refractivity contribution in [2.24, 2.45) is 0 Å². The lowest BCUT2D eigenvalue weighted by Gasteiger charge is -2.22. The van der Waals surface area contributed by atoms with Gasteiger partial charge in [0, 0.05) is 11.4 Å². The highest BCUT2D eigenvalue weighted by atomic mass is 32.2. The van der Waals surface area contributed by atoms with Gasteiger partial charge in [-0.25, -0.2) is 13.1 Å². The summed E-state index contributed by atoms with van der Waals surface area (Å²) in [4.78, 5) is 0.886. The Morgan fingerprint density at radius 2 is 2.09 bits per heavy atom. The molecule has 0 spiro atoms. The SMILES string of the molecule is COc1ccc(S(=O)(=O)NC[C@](C)(O)c2cccs2)c(C)c1. The Morgan fingerprint density at radius 1 is 1.36 bits per heavy atom. The summed E-state index contributed by atoms with van der Waals surface area (Å²) >= 11 is 1.38. The molecular formula is C15H19NO4S2. The summed E-state index contributed by atoms with van der Waals surface area (Å²) in [6.07, 6.45) is 0. The molecule has 22 heavy (non-hydrogen) atoms. The minimum Gasteiger partial charge on any atom is -0.497 e. The molecule has 1 heterocycles. The van der Waals surface area contributed by atoms with Gasteiger partial charge in [-0.2, -0.15) is 0 Å². The molecule has 7 heteroatoms. The van der Waals surface area contributed by atoms with E-state index in [0.717, 1.165) is 0 Å². The van der Waals surface area contributed by atoms with Gasteiger partial charge in [-0.1, -0.05) is 6.07 Å². The number of rotatable bonds is 6. The van der Waals surface area contributed by atoms with Crippen molar-refractivity contribution in [2.75, 3.05) is 13.7 Å². The molecule has 0 aliphatic rings. The van der Waals surface area contributed by atoms with E-state index in [1.165, 1.54) is 24.5 Å². The summed E-state index contributed by atoms with van der Waals surface area (Å²) in [6, 6.07) is 8.34. The smallest absolute Gasteiger partial charge is 0.240 e. The number of thiophene rings is 1. The van der Waals surface area contributed by atoms with Gasteiger partial charge in [0.25, 0.3) is 0 Å². The van der Waals surface area contributed by atoms with Gasteiger partial charge in [-0.3, -0.25) is 0 Å². The maximum absolute atomic E-state index is 12.4. The quantitative estimate of drug-likeness (QED) is 0.845. The Bertz CT molecular complexity index is 737. The molecule has 0 aliphatic heterocycles. The molecule has 2 rings (SSSR count). The number of benzene rings is 1. The van der Waals surface area contributed by atoms with Crippen molar-refractivity contribution >= 4 is 21.4 Å². The second-order valence-electron chi connectivity index (χ2n) is 5.21. The third kappa shape index (κ3) is 3.67. The maximum atomic E-state index is 12.4.